The first-order valence-electron chi connectivity index (χ1n) is 7.81. The van der Waals surface area contributed by atoms with Crippen LogP contribution in [0.3, 0.4) is 0 Å². The molecular weight excluding hydrogens is 208 g/mol. The molecule has 4 unspecified atom stereocenters. The molecule has 0 aromatic rings. The normalized spacial score (nSPS) is 33.2. The maximum Gasteiger partial charge on any atom is 0.0241 e. The van der Waals surface area contributed by atoms with Crippen molar-refractivity contribution in [3.63, 3.8) is 0 Å². The third-order valence-corrected chi connectivity index (χ3v) is 5.14. The van der Waals surface area contributed by atoms with E-state index in [9.17, 15) is 0 Å². The first-order chi connectivity index (χ1) is 8.35. The fourth-order valence-corrected chi connectivity index (χ4v) is 4.18. The molecule has 0 spiro atoms. The van der Waals surface area contributed by atoms with E-state index < -0.39 is 0 Å². The molecule has 100 valence electrons. The molecule has 2 fully saturated rings. The van der Waals surface area contributed by atoms with Gasteiger partial charge in [0.25, 0.3) is 0 Å². The lowest BCUT2D eigenvalue weighted by atomic mass is 9.81. The highest BCUT2D eigenvalue weighted by molar-refractivity contribution is 4.94. The van der Waals surface area contributed by atoms with Gasteiger partial charge in [-0.2, -0.15) is 0 Å². The maximum atomic E-state index is 5.78. The number of hydrazine groups is 1. The second kappa shape index (κ2) is 6.75. The van der Waals surface area contributed by atoms with Gasteiger partial charge in [-0.15, -0.1) is 0 Å². The van der Waals surface area contributed by atoms with Crippen molar-refractivity contribution in [1.29, 1.82) is 0 Å². The molecule has 0 saturated heterocycles. The van der Waals surface area contributed by atoms with E-state index in [0.29, 0.717) is 6.04 Å². The predicted molar refractivity (Wildman–Crippen MR) is 73.4 cm³/mol. The summed E-state index contributed by atoms with van der Waals surface area (Å²) in [6.07, 6.45) is 14.1. The summed E-state index contributed by atoms with van der Waals surface area (Å²) in [6, 6.07) is 0.604. The van der Waals surface area contributed by atoms with Crippen LogP contribution in [0.25, 0.3) is 0 Å². The van der Waals surface area contributed by atoms with E-state index in [1.165, 1.54) is 64.2 Å². The maximum absolute atomic E-state index is 5.78. The van der Waals surface area contributed by atoms with Gasteiger partial charge in [0, 0.05) is 6.04 Å². The fourth-order valence-electron chi connectivity index (χ4n) is 4.18. The Hall–Kier alpha value is -0.0800. The molecule has 2 rings (SSSR count). The molecule has 0 aromatic heterocycles. The first kappa shape index (κ1) is 13.4. The van der Waals surface area contributed by atoms with E-state index in [-0.39, 0.29) is 0 Å². The molecule has 2 nitrogen and oxygen atoms in total. The Morgan fingerprint density at radius 3 is 2.53 bits per heavy atom. The van der Waals surface area contributed by atoms with Gasteiger partial charge >= 0.3 is 0 Å². The van der Waals surface area contributed by atoms with Gasteiger partial charge in [-0.25, -0.2) is 0 Å². The highest BCUT2D eigenvalue weighted by Gasteiger charge is 2.42. The molecule has 0 heterocycles. The highest BCUT2D eigenvalue weighted by atomic mass is 15.2. The Bertz CT molecular complexity index is 217. The minimum atomic E-state index is 0.604. The second-order valence-corrected chi connectivity index (χ2v) is 6.31. The third-order valence-electron chi connectivity index (χ3n) is 5.14. The molecule has 2 heteroatoms. The average molecular weight is 238 g/mol. The quantitative estimate of drug-likeness (QED) is 0.385. The molecule has 0 aromatic carbocycles. The summed E-state index contributed by atoms with van der Waals surface area (Å²) in [6.45, 7) is 2.28. The molecule has 3 N–H and O–H groups in total. The van der Waals surface area contributed by atoms with Gasteiger partial charge in [0.15, 0.2) is 0 Å². The summed E-state index contributed by atoms with van der Waals surface area (Å²) < 4.78 is 0. The van der Waals surface area contributed by atoms with Crippen LogP contribution in [0, 0.1) is 17.8 Å². The summed E-state index contributed by atoms with van der Waals surface area (Å²) >= 11 is 0. The minimum Gasteiger partial charge on any atom is -0.271 e. The van der Waals surface area contributed by atoms with Crippen LogP contribution in [0.5, 0.6) is 0 Å². The average Bonchev–Trinajstić information content (AvgIpc) is 2.96. The molecule has 0 aliphatic heterocycles. The third kappa shape index (κ3) is 3.45. The van der Waals surface area contributed by atoms with Crippen LogP contribution in [0.4, 0.5) is 0 Å². The van der Waals surface area contributed by atoms with Crippen LogP contribution in [0.2, 0.25) is 0 Å². The Morgan fingerprint density at radius 2 is 1.94 bits per heavy atom. The largest absolute Gasteiger partial charge is 0.271 e. The number of hydrogen-bond donors (Lipinski definition) is 2. The van der Waals surface area contributed by atoms with Crippen LogP contribution in [0.1, 0.15) is 71.1 Å². The molecule has 0 amide bonds. The molecule has 0 radical (unpaired) electrons. The standard InChI is InChI=1S/C15H30N2/c1-2-3-4-5-6-7-15(17-16)14-11-12-8-9-13(14)10-12/h12-15,17H,2-11,16H2,1H3. The molecule has 2 bridgehead atoms. The lowest BCUT2D eigenvalue weighted by Gasteiger charge is -2.30. The van der Waals surface area contributed by atoms with Crippen molar-refractivity contribution >= 4 is 0 Å². The number of hydrogen-bond acceptors (Lipinski definition) is 2. The Labute approximate surface area is 107 Å². The van der Waals surface area contributed by atoms with Crippen molar-refractivity contribution in [2.24, 2.45) is 23.6 Å². The number of nitrogens with two attached hydrogens (primary N) is 1. The van der Waals surface area contributed by atoms with E-state index in [2.05, 4.69) is 12.3 Å². The Morgan fingerprint density at radius 1 is 1.12 bits per heavy atom. The van der Waals surface area contributed by atoms with Gasteiger partial charge in [-0.3, -0.25) is 11.3 Å². The van der Waals surface area contributed by atoms with E-state index in [0.717, 1.165) is 17.8 Å². The van der Waals surface area contributed by atoms with E-state index in [1.807, 2.05) is 0 Å². The monoisotopic (exact) mass is 238 g/mol. The number of fused-ring (bicyclic) bond motifs is 2. The summed E-state index contributed by atoms with van der Waals surface area (Å²) in [5.74, 6) is 8.71. The van der Waals surface area contributed by atoms with Gasteiger partial charge in [-0.05, 0) is 43.4 Å². The van der Waals surface area contributed by atoms with Crippen molar-refractivity contribution in [3.05, 3.63) is 0 Å². The Balaban J connectivity index is 1.66. The van der Waals surface area contributed by atoms with Crippen molar-refractivity contribution in [1.82, 2.24) is 5.43 Å². The predicted octanol–water partition coefficient (Wildman–Crippen LogP) is 3.62. The van der Waals surface area contributed by atoms with Crippen molar-refractivity contribution in [2.75, 3.05) is 0 Å². The molecular formula is C15H30N2. The molecule has 2 aliphatic rings. The van der Waals surface area contributed by atoms with Crippen molar-refractivity contribution in [2.45, 2.75) is 77.2 Å². The highest BCUT2D eigenvalue weighted by Crippen LogP contribution is 2.50. The fraction of sp³-hybridized carbons (Fsp3) is 1.00. The van der Waals surface area contributed by atoms with Gasteiger partial charge in [0.1, 0.15) is 0 Å². The van der Waals surface area contributed by atoms with Gasteiger partial charge in [0.05, 0.1) is 0 Å². The van der Waals surface area contributed by atoms with Crippen LogP contribution < -0.4 is 11.3 Å². The summed E-state index contributed by atoms with van der Waals surface area (Å²) in [5, 5.41) is 0. The van der Waals surface area contributed by atoms with Crippen LogP contribution in [0.15, 0.2) is 0 Å². The van der Waals surface area contributed by atoms with Crippen LogP contribution >= 0.6 is 0 Å². The van der Waals surface area contributed by atoms with Crippen molar-refractivity contribution in [3.8, 4) is 0 Å². The molecule has 2 saturated carbocycles. The lowest BCUT2D eigenvalue weighted by Crippen LogP contribution is -2.42. The van der Waals surface area contributed by atoms with Crippen molar-refractivity contribution < 1.29 is 0 Å². The SMILES string of the molecule is CCCCCCCC(NN)C1CC2CCC1C2. The van der Waals surface area contributed by atoms with Crippen LogP contribution in [-0.2, 0) is 0 Å². The summed E-state index contributed by atoms with van der Waals surface area (Å²) in [4.78, 5) is 0. The second-order valence-electron chi connectivity index (χ2n) is 6.31. The molecule has 2 aliphatic carbocycles. The number of unbranched alkanes of at least 4 members (excludes halogenated alkanes) is 4. The summed E-state index contributed by atoms with van der Waals surface area (Å²) in [5.41, 5.74) is 3.12. The molecule has 4 atom stereocenters. The zero-order valence-corrected chi connectivity index (χ0v) is 11.5. The van der Waals surface area contributed by atoms with Gasteiger partial charge < -0.3 is 0 Å². The minimum absolute atomic E-state index is 0.604. The Kier molecular flexibility index (Phi) is 5.30. The number of rotatable bonds is 8. The summed E-state index contributed by atoms with van der Waals surface area (Å²) in [7, 11) is 0. The van der Waals surface area contributed by atoms with E-state index in [4.69, 9.17) is 5.84 Å². The van der Waals surface area contributed by atoms with Gasteiger partial charge in [-0.1, -0.05) is 45.4 Å². The van der Waals surface area contributed by atoms with Crippen LogP contribution in [-0.4, -0.2) is 6.04 Å². The van der Waals surface area contributed by atoms with E-state index >= 15 is 0 Å². The zero-order valence-electron chi connectivity index (χ0n) is 11.5. The number of nitrogens with one attached hydrogen (secondary N) is 1. The topological polar surface area (TPSA) is 38.0 Å². The van der Waals surface area contributed by atoms with Gasteiger partial charge in [0.2, 0.25) is 0 Å². The van der Waals surface area contributed by atoms with E-state index in [1.54, 1.807) is 0 Å². The lowest BCUT2D eigenvalue weighted by molar-refractivity contribution is 0.236. The smallest absolute Gasteiger partial charge is 0.0241 e. The first-order valence-corrected chi connectivity index (χ1v) is 7.81. The zero-order chi connectivity index (χ0) is 12.1. The molecule has 17 heavy (non-hydrogen) atoms.